The van der Waals surface area contributed by atoms with Crippen molar-refractivity contribution in [3.63, 3.8) is 0 Å². The minimum atomic E-state index is -0.793. The van der Waals surface area contributed by atoms with Gasteiger partial charge >= 0.3 is 5.97 Å². The van der Waals surface area contributed by atoms with Crippen LogP contribution in [0.5, 0.6) is 5.75 Å². The average molecular weight is 399 g/mol. The zero-order chi connectivity index (χ0) is 20.9. The van der Waals surface area contributed by atoms with Gasteiger partial charge in [0.25, 0.3) is 0 Å². The van der Waals surface area contributed by atoms with Crippen LogP contribution in [0.15, 0.2) is 30.5 Å². The smallest absolute Gasteiger partial charge is 0.304 e. The van der Waals surface area contributed by atoms with Crippen molar-refractivity contribution < 1.29 is 14.6 Å². The van der Waals surface area contributed by atoms with Gasteiger partial charge < -0.3 is 15.2 Å². The molecule has 2 N–H and O–H groups in total. The fraction of sp³-hybridized carbons (Fsp3) is 0.583. The van der Waals surface area contributed by atoms with E-state index in [4.69, 9.17) is 9.84 Å². The van der Waals surface area contributed by atoms with Gasteiger partial charge in [-0.15, -0.1) is 0 Å². The first-order valence-corrected chi connectivity index (χ1v) is 10.8. The minimum absolute atomic E-state index is 0.117. The van der Waals surface area contributed by atoms with E-state index in [0.717, 1.165) is 41.0 Å². The summed E-state index contributed by atoms with van der Waals surface area (Å²) in [5, 5.41) is 14.0. The van der Waals surface area contributed by atoms with E-state index in [1.165, 1.54) is 19.3 Å². The highest BCUT2D eigenvalue weighted by Gasteiger charge is 2.32. The SMILES string of the molecule is CCC(C)(C)C1CCC(Oc2ccc3cc(CNCCC(=O)O)ncc3c2)CC1. The predicted octanol–water partition coefficient (Wildman–Crippen LogP) is 5.17. The standard InChI is InChI=1S/C24H34N2O3/c1-4-24(2,3)19-6-9-21(10-7-19)29-22-8-5-17-13-20(26-15-18(17)14-22)16-25-12-11-23(27)28/h5,8,13-15,19,21,25H,4,6-7,9-12,16H2,1-3H3,(H,27,28). The third-order valence-corrected chi connectivity index (χ3v) is 6.56. The minimum Gasteiger partial charge on any atom is -0.490 e. The number of aliphatic carboxylic acids is 1. The Morgan fingerprint density at radius 2 is 1.97 bits per heavy atom. The number of pyridine rings is 1. The number of carbonyl (C=O) groups is 1. The third kappa shape index (κ3) is 5.92. The van der Waals surface area contributed by atoms with Crippen molar-refractivity contribution in [2.45, 2.75) is 71.9 Å². The largest absolute Gasteiger partial charge is 0.490 e. The molecular weight excluding hydrogens is 364 g/mol. The van der Waals surface area contributed by atoms with Crippen LogP contribution in [0.3, 0.4) is 0 Å². The summed E-state index contributed by atoms with van der Waals surface area (Å²) in [6, 6.07) is 8.25. The molecule has 1 fully saturated rings. The molecule has 0 bridgehead atoms. The molecule has 0 saturated heterocycles. The Morgan fingerprint density at radius 3 is 2.66 bits per heavy atom. The van der Waals surface area contributed by atoms with Crippen molar-refractivity contribution >= 4 is 16.7 Å². The molecule has 0 radical (unpaired) electrons. The second kappa shape index (κ2) is 9.57. The Morgan fingerprint density at radius 1 is 1.21 bits per heavy atom. The molecule has 2 aromatic rings. The van der Waals surface area contributed by atoms with Crippen molar-refractivity contribution in [1.82, 2.24) is 10.3 Å². The lowest BCUT2D eigenvalue weighted by Gasteiger charge is -2.38. The number of carboxylic acids is 1. The molecule has 1 aliphatic rings. The molecule has 1 aromatic carbocycles. The number of carboxylic acid groups (broad SMARTS) is 1. The Labute approximate surface area is 173 Å². The van der Waals surface area contributed by atoms with Crippen LogP contribution in [-0.2, 0) is 11.3 Å². The molecule has 1 heterocycles. The number of fused-ring (bicyclic) bond motifs is 1. The van der Waals surface area contributed by atoms with E-state index in [1.807, 2.05) is 18.3 Å². The fourth-order valence-electron chi connectivity index (χ4n) is 4.19. The lowest BCUT2D eigenvalue weighted by Crippen LogP contribution is -2.31. The van der Waals surface area contributed by atoms with Gasteiger partial charge in [0.05, 0.1) is 18.2 Å². The summed E-state index contributed by atoms with van der Waals surface area (Å²) in [5.74, 6) is 0.930. The summed E-state index contributed by atoms with van der Waals surface area (Å²) in [4.78, 5) is 15.1. The second-order valence-corrected chi connectivity index (χ2v) is 8.94. The molecule has 0 spiro atoms. The number of aromatic nitrogens is 1. The number of benzene rings is 1. The average Bonchev–Trinajstić information content (AvgIpc) is 2.71. The van der Waals surface area contributed by atoms with Gasteiger partial charge in [0.1, 0.15) is 5.75 Å². The fourth-order valence-corrected chi connectivity index (χ4v) is 4.19. The van der Waals surface area contributed by atoms with E-state index >= 15 is 0 Å². The molecule has 1 saturated carbocycles. The van der Waals surface area contributed by atoms with Gasteiger partial charge in [-0.05, 0) is 60.6 Å². The van der Waals surface area contributed by atoms with Gasteiger partial charge in [-0.1, -0.05) is 33.3 Å². The van der Waals surface area contributed by atoms with E-state index in [0.29, 0.717) is 24.6 Å². The lowest BCUT2D eigenvalue weighted by molar-refractivity contribution is -0.136. The van der Waals surface area contributed by atoms with Crippen LogP contribution in [0, 0.1) is 11.3 Å². The monoisotopic (exact) mass is 398 g/mol. The Hall–Kier alpha value is -2.14. The van der Waals surface area contributed by atoms with Gasteiger partial charge in [-0.3, -0.25) is 9.78 Å². The molecular formula is C24H34N2O3. The summed E-state index contributed by atoms with van der Waals surface area (Å²) >= 11 is 0. The molecule has 0 aliphatic heterocycles. The highest BCUT2D eigenvalue weighted by molar-refractivity contribution is 5.83. The van der Waals surface area contributed by atoms with Crippen LogP contribution in [0.2, 0.25) is 0 Å². The third-order valence-electron chi connectivity index (χ3n) is 6.56. The number of ether oxygens (including phenoxy) is 1. The number of nitrogens with one attached hydrogen (secondary N) is 1. The van der Waals surface area contributed by atoms with Crippen LogP contribution in [0.4, 0.5) is 0 Å². The van der Waals surface area contributed by atoms with Gasteiger partial charge in [-0.2, -0.15) is 0 Å². The van der Waals surface area contributed by atoms with E-state index in [2.05, 4.69) is 43.2 Å². The maximum absolute atomic E-state index is 10.6. The van der Waals surface area contributed by atoms with E-state index in [9.17, 15) is 4.79 Å². The van der Waals surface area contributed by atoms with Crippen molar-refractivity contribution in [3.8, 4) is 5.75 Å². The maximum atomic E-state index is 10.6. The summed E-state index contributed by atoms with van der Waals surface area (Å²) in [6.45, 7) is 8.10. The molecule has 5 heteroatoms. The second-order valence-electron chi connectivity index (χ2n) is 8.94. The predicted molar refractivity (Wildman–Crippen MR) is 116 cm³/mol. The van der Waals surface area contributed by atoms with Crippen LogP contribution >= 0.6 is 0 Å². The molecule has 1 aliphatic carbocycles. The van der Waals surface area contributed by atoms with Gasteiger partial charge in [-0.25, -0.2) is 0 Å². The van der Waals surface area contributed by atoms with E-state index < -0.39 is 5.97 Å². The first-order chi connectivity index (χ1) is 13.9. The van der Waals surface area contributed by atoms with Crippen LogP contribution in [0.1, 0.15) is 65.0 Å². The Balaban J connectivity index is 1.55. The molecule has 29 heavy (non-hydrogen) atoms. The normalized spacial score (nSPS) is 20.0. The van der Waals surface area contributed by atoms with Gasteiger partial charge in [0, 0.05) is 24.7 Å². The van der Waals surface area contributed by atoms with Gasteiger partial charge in [0.15, 0.2) is 0 Å². The summed E-state index contributed by atoms with van der Waals surface area (Å²) in [6.07, 6.45) is 8.29. The van der Waals surface area contributed by atoms with Crippen molar-refractivity contribution in [3.05, 3.63) is 36.2 Å². The topological polar surface area (TPSA) is 71.5 Å². The summed E-state index contributed by atoms with van der Waals surface area (Å²) < 4.78 is 6.29. The number of nitrogens with zero attached hydrogens (tertiary/aromatic N) is 1. The first kappa shape index (κ1) is 21.6. The molecule has 0 unspecified atom stereocenters. The lowest BCUT2D eigenvalue weighted by atomic mass is 9.69. The zero-order valence-corrected chi connectivity index (χ0v) is 17.9. The highest BCUT2D eigenvalue weighted by atomic mass is 16.5. The van der Waals surface area contributed by atoms with Crippen LogP contribution in [0.25, 0.3) is 10.8 Å². The Kier molecular flexibility index (Phi) is 7.12. The first-order valence-electron chi connectivity index (χ1n) is 10.8. The van der Waals surface area contributed by atoms with E-state index in [-0.39, 0.29) is 6.42 Å². The number of hydrogen-bond donors (Lipinski definition) is 2. The zero-order valence-electron chi connectivity index (χ0n) is 17.9. The molecule has 158 valence electrons. The molecule has 0 atom stereocenters. The van der Waals surface area contributed by atoms with Crippen molar-refractivity contribution in [2.24, 2.45) is 11.3 Å². The number of hydrogen-bond acceptors (Lipinski definition) is 4. The Bertz CT molecular complexity index is 826. The van der Waals surface area contributed by atoms with Crippen molar-refractivity contribution in [2.75, 3.05) is 6.54 Å². The number of rotatable bonds is 9. The van der Waals surface area contributed by atoms with Crippen LogP contribution in [-0.4, -0.2) is 28.7 Å². The quantitative estimate of drug-likeness (QED) is 0.570. The summed E-state index contributed by atoms with van der Waals surface area (Å²) in [5.41, 5.74) is 1.34. The maximum Gasteiger partial charge on any atom is 0.304 e. The van der Waals surface area contributed by atoms with Crippen molar-refractivity contribution in [1.29, 1.82) is 0 Å². The van der Waals surface area contributed by atoms with Gasteiger partial charge in [0.2, 0.25) is 0 Å². The molecule has 0 amide bonds. The summed E-state index contributed by atoms with van der Waals surface area (Å²) in [7, 11) is 0. The molecule has 1 aromatic heterocycles. The molecule has 5 nitrogen and oxygen atoms in total. The molecule has 3 rings (SSSR count). The highest BCUT2D eigenvalue weighted by Crippen LogP contribution is 2.41. The van der Waals surface area contributed by atoms with Crippen LogP contribution < -0.4 is 10.1 Å². The van der Waals surface area contributed by atoms with E-state index in [1.54, 1.807) is 0 Å².